The highest BCUT2D eigenvalue weighted by atomic mass is 19.1. The first-order chi connectivity index (χ1) is 10.1. The highest BCUT2D eigenvalue weighted by Crippen LogP contribution is 2.27. The van der Waals surface area contributed by atoms with Crippen molar-refractivity contribution in [2.45, 2.75) is 25.3 Å². The number of aryl methyl sites for hydroxylation is 1. The molecule has 1 heterocycles. The lowest BCUT2D eigenvalue weighted by molar-refractivity contribution is -0.116. The predicted octanol–water partition coefficient (Wildman–Crippen LogP) is 3.15. The fourth-order valence-electron chi connectivity index (χ4n) is 2.65. The molecule has 1 atom stereocenters. The Morgan fingerprint density at radius 3 is 2.52 bits per heavy atom. The largest absolute Gasteiger partial charge is 0.326 e. The number of anilines is 1. The molecule has 21 heavy (non-hydrogen) atoms. The molecule has 108 valence electrons. The molecule has 1 aliphatic heterocycles. The van der Waals surface area contributed by atoms with Gasteiger partial charge in [-0.15, -0.1) is 0 Å². The van der Waals surface area contributed by atoms with Gasteiger partial charge in [-0.1, -0.05) is 24.3 Å². The Morgan fingerprint density at radius 2 is 1.76 bits per heavy atom. The SMILES string of the molecule is NC(c1ccc(F)cc1)c1ccc2c(c1)CCCC(=O)N2. The summed E-state index contributed by atoms with van der Waals surface area (Å²) in [5.74, 6) is -0.208. The summed E-state index contributed by atoms with van der Waals surface area (Å²) in [6, 6.07) is 11.8. The Hall–Kier alpha value is -2.20. The highest BCUT2D eigenvalue weighted by Gasteiger charge is 2.15. The Balaban J connectivity index is 1.91. The van der Waals surface area contributed by atoms with E-state index in [9.17, 15) is 9.18 Å². The molecule has 4 heteroatoms. The van der Waals surface area contributed by atoms with Crippen LogP contribution in [0.3, 0.4) is 0 Å². The number of halogens is 1. The van der Waals surface area contributed by atoms with Gasteiger partial charge in [-0.3, -0.25) is 4.79 Å². The maximum atomic E-state index is 13.0. The van der Waals surface area contributed by atoms with Crippen molar-refractivity contribution in [1.82, 2.24) is 0 Å². The van der Waals surface area contributed by atoms with Crippen molar-refractivity contribution in [2.24, 2.45) is 5.73 Å². The van der Waals surface area contributed by atoms with Crippen molar-refractivity contribution in [2.75, 3.05) is 5.32 Å². The van der Waals surface area contributed by atoms with Gasteiger partial charge in [0.25, 0.3) is 0 Å². The van der Waals surface area contributed by atoms with E-state index in [0.29, 0.717) is 6.42 Å². The molecule has 0 bridgehead atoms. The average Bonchev–Trinajstić information content (AvgIpc) is 2.67. The first-order valence-electron chi connectivity index (χ1n) is 7.07. The van der Waals surface area contributed by atoms with E-state index in [1.54, 1.807) is 12.1 Å². The quantitative estimate of drug-likeness (QED) is 0.890. The van der Waals surface area contributed by atoms with Crippen molar-refractivity contribution in [3.05, 3.63) is 65.0 Å². The number of nitrogens with two attached hydrogens (primary N) is 1. The van der Waals surface area contributed by atoms with E-state index in [1.807, 2.05) is 18.2 Å². The van der Waals surface area contributed by atoms with E-state index >= 15 is 0 Å². The molecule has 2 aromatic rings. The van der Waals surface area contributed by atoms with Gasteiger partial charge in [0.2, 0.25) is 5.91 Å². The molecule has 0 radical (unpaired) electrons. The highest BCUT2D eigenvalue weighted by molar-refractivity contribution is 5.92. The number of rotatable bonds is 2. The smallest absolute Gasteiger partial charge is 0.224 e. The number of hydrogen-bond acceptors (Lipinski definition) is 2. The lowest BCUT2D eigenvalue weighted by Crippen LogP contribution is -2.13. The minimum Gasteiger partial charge on any atom is -0.326 e. The topological polar surface area (TPSA) is 55.1 Å². The summed E-state index contributed by atoms with van der Waals surface area (Å²) < 4.78 is 13.0. The number of benzene rings is 2. The molecule has 3 N–H and O–H groups in total. The lowest BCUT2D eigenvalue weighted by Gasteiger charge is -2.15. The summed E-state index contributed by atoms with van der Waals surface area (Å²) in [6.45, 7) is 0. The number of fused-ring (bicyclic) bond motifs is 1. The first kappa shape index (κ1) is 13.8. The van der Waals surface area contributed by atoms with E-state index in [-0.39, 0.29) is 17.8 Å². The summed E-state index contributed by atoms with van der Waals surface area (Å²) in [4.78, 5) is 11.5. The molecular formula is C17H17FN2O. The summed E-state index contributed by atoms with van der Waals surface area (Å²) in [5, 5.41) is 2.91. The van der Waals surface area contributed by atoms with Crippen LogP contribution in [0, 0.1) is 5.82 Å². The van der Waals surface area contributed by atoms with Gasteiger partial charge in [-0.25, -0.2) is 4.39 Å². The van der Waals surface area contributed by atoms with Gasteiger partial charge in [-0.05, 0) is 47.7 Å². The molecule has 1 unspecified atom stereocenters. The second-order valence-electron chi connectivity index (χ2n) is 5.35. The van der Waals surface area contributed by atoms with Gasteiger partial charge in [0.15, 0.2) is 0 Å². The molecule has 1 aliphatic rings. The van der Waals surface area contributed by atoms with Crippen LogP contribution in [-0.4, -0.2) is 5.91 Å². The van der Waals surface area contributed by atoms with Gasteiger partial charge < -0.3 is 11.1 Å². The summed E-state index contributed by atoms with van der Waals surface area (Å²) >= 11 is 0. The first-order valence-corrected chi connectivity index (χ1v) is 7.07. The van der Waals surface area contributed by atoms with Crippen molar-refractivity contribution in [3.8, 4) is 0 Å². The van der Waals surface area contributed by atoms with Crippen LogP contribution in [0.25, 0.3) is 0 Å². The number of nitrogens with one attached hydrogen (secondary N) is 1. The second kappa shape index (κ2) is 5.66. The number of hydrogen-bond donors (Lipinski definition) is 2. The second-order valence-corrected chi connectivity index (χ2v) is 5.35. The molecular weight excluding hydrogens is 267 g/mol. The predicted molar refractivity (Wildman–Crippen MR) is 80.4 cm³/mol. The molecule has 3 nitrogen and oxygen atoms in total. The summed E-state index contributed by atoms with van der Waals surface area (Å²) in [5.41, 5.74) is 10.1. The van der Waals surface area contributed by atoms with Crippen molar-refractivity contribution in [1.29, 1.82) is 0 Å². The van der Waals surface area contributed by atoms with Crippen LogP contribution in [0.4, 0.5) is 10.1 Å². The van der Waals surface area contributed by atoms with Crippen LogP contribution in [0.5, 0.6) is 0 Å². The van der Waals surface area contributed by atoms with E-state index in [1.165, 1.54) is 12.1 Å². The molecule has 0 aliphatic carbocycles. The van der Waals surface area contributed by atoms with E-state index in [0.717, 1.165) is 35.2 Å². The lowest BCUT2D eigenvalue weighted by atomic mass is 9.96. The van der Waals surface area contributed by atoms with E-state index < -0.39 is 0 Å². The molecule has 3 rings (SSSR count). The van der Waals surface area contributed by atoms with Crippen LogP contribution in [0.1, 0.15) is 35.6 Å². The Morgan fingerprint density at radius 1 is 1.05 bits per heavy atom. The molecule has 0 saturated carbocycles. The average molecular weight is 284 g/mol. The van der Waals surface area contributed by atoms with Gasteiger partial charge in [0.05, 0.1) is 6.04 Å². The third-order valence-electron chi connectivity index (χ3n) is 3.84. The summed E-state index contributed by atoms with van der Waals surface area (Å²) in [6.07, 6.45) is 2.25. The molecule has 0 spiro atoms. The molecule has 2 aromatic carbocycles. The Labute approximate surface area is 123 Å². The monoisotopic (exact) mass is 284 g/mol. The minimum absolute atomic E-state index is 0.0596. The maximum absolute atomic E-state index is 13.0. The maximum Gasteiger partial charge on any atom is 0.224 e. The third kappa shape index (κ3) is 2.95. The molecule has 0 aromatic heterocycles. The Kier molecular flexibility index (Phi) is 3.71. The molecule has 0 fully saturated rings. The van der Waals surface area contributed by atoms with E-state index in [2.05, 4.69) is 5.32 Å². The van der Waals surface area contributed by atoms with Crippen LogP contribution < -0.4 is 11.1 Å². The number of carbonyl (C=O) groups is 1. The zero-order chi connectivity index (χ0) is 14.8. The normalized spacial score (nSPS) is 15.8. The van der Waals surface area contributed by atoms with Crippen LogP contribution in [-0.2, 0) is 11.2 Å². The number of amides is 1. The van der Waals surface area contributed by atoms with E-state index in [4.69, 9.17) is 5.73 Å². The van der Waals surface area contributed by atoms with Gasteiger partial charge in [0.1, 0.15) is 5.82 Å². The fourth-order valence-corrected chi connectivity index (χ4v) is 2.65. The third-order valence-corrected chi connectivity index (χ3v) is 3.84. The zero-order valence-electron chi connectivity index (χ0n) is 11.6. The molecule has 0 saturated heterocycles. The van der Waals surface area contributed by atoms with Crippen molar-refractivity contribution in [3.63, 3.8) is 0 Å². The zero-order valence-corrected chi connectivity index (χ0v) is 11.6. The molecule has 1 amide bonds. The Bertz CT molecular complexity index is 667. The van der Waals surface area contributed by atoms with Gasteiger partial charge in [-0.2, -0.15) is 0 Å². The fraction of sp³-hybridized carbons (Fsp3) is 0.235. The van der Waals surface area contributed by atoms with Gasteiger partial charge in [0, 0.05) is 12.1 Å². The standard InChI is InChI=1S/C17H17FN2O/c18-14-7-4-11(5-8-14)17(19)13-6-9-15-12(10-13)2-1-3-16(21)20-15/h4-10,17H,1-3,19H2,(H,20,21). The van der Waals surface area contributed by atoms with Gasteiger partial charge >= 0.3 is 0 Å². The van der Waals surface area contributed by atoms with Crippen LogP contribution in [0.15, 0.2) is 42.5 Å². The minimum atomic E-state index is -0.296. The van der Waals surface area contributed by atoms with Crippen LogP contribution >= 0.6 is 0 Å². The van der Waals surface area contributed by atoms with Crippen molar-refractivity contribution >= 4 is 11.6 Å². The summed E-state index contributed by atoms with van der Waals surface area (Å²) in [7, 11) is 0. The van der Waals surface area contributed by atoms with Crippen molar-refractivity contribution < 1.29 is 9.18 Å². The number of carbonyl (C=O) groups excluding carboxylic acids is 1. The van der Waals surface area contributed by atoms with Crippen LogP contribution in [0.2, 0.25) is 0 Å².